The maximum atomic E-state index is 8.93. The van der Waals surface area contributed by atoms with Crippen LogP contribution in [0.25, 0.3) is 0 Å². The zero-order valence-electron chi connectivity index (χ0n) is 9.42. The highest BCUT2D eigenvalue weighted by Gasteiger charge is 1.99. The van der Waals surface area contributed by atoms with Gasteiger partial charge in [0.2, 0.25) is 0 Å². The molecule has 0 saturated carbocycles. The number of aliphatic hydroxyl groups is 1. The Morgan fingerprint density at radius 3 is 2.65 bits per heavy atom. The maximum absolute atomic E-state index is 8.93. The lowest BCUT2D eigenvalue weighted by atomic mass is 10.3. The van der Waals surface area contributed by atoms with Crippen molar-refractivity contribution in [3.8, 4) is 5.75 Å². The molecule has 0 bridgehead atoms. The van der Waals surface area contributed by atoms with Crippen LogP contribution in [-0.4, -0.2) is 22.2 Å². The topological polar surface area (TPSA) is 67.3 Å². The number of hydrogen-bond acceptors (Lipinski definition) is 5. The average molecular weight is 231 g/mol. The summed E-state index contributed by atoms with van der Waals surface area (Å²) in [5, 5.41) is 12.0. The van der Waals surface area contributed by atoms with Crippen molar-refractivity contribution in [2.75, 3.05) is 12.4 Å². The standard InChI is InChI=1S/C12H13N3O2/c1-17-10-4-2-9(3-5-10)14-11-6-7-13-12(8-16)15-11/h2-7,16H,8H2,1H3,(H,13,14,15). The molecule has 0 aliphatic carbocycles. The summed E-state index contributed by atoms with van der Waals surface area (Å²) in [5.74, 6) is 1.84. The number of hydrogen-bond donors (Lipinski definition) is 2. The molecule has 5 nitrogen and oxygen atoms in total. The molecule has 1 aromatic heterocycles. The smallest absolute Gasteiger partial charge is 0.156 e. The van der Waals surface area contributed by atoms with E-state index < -0.39 is 0 Å². The van der Waals surface area contributed by atoms with Crippen LogP contribution in [0.4, 0.5) is 11.5 Å². The summed E-state index contributed by atoms with van der Waals surface area (Å²) < 4.78 is 5.07. The van der Waals surface area contributed by atoms with E-state index in [4.69, 9.17) is 9.84 Å². The van der Waals surface area contributed by atoms with Crippen molar-refractivity contribution in [2.45, 2.75) is 6.61 Å². The molecule has 0 fully saturated rings. The normalized spacial score (nSPS) is 10.0. The third-order valence-corrected chi connectivity index (χ3v) is 2.21. The van der Waals surface area contributed by atoms with Gasteiger partial charge in [0, 0.05) is 11.9 Å². The van der Waals surface area contributed by atoms with Crippen LogP contribution in [0.2, 0.25) is 0 Å². The largest absolute Gasteiger partial charge is 0.497 e. The number of aromatic nitrogens is 2. The van der Waals surface area contributed by atoms with E-state index in [2.05, 4.69) is 15.3 Å². The number of rotatable bonds is 4. The molecular formula is C12H13N3O2. The molecule has 2 aromatic rings. The molecule has 0 amide bonds. The van der Waals surface area contributed by atoms with E-state index in [1.807, 2.05) is 24.3 Å². The average Bonchev–Trinajstić information content (AvgIpc) is 2.40. The molecule has 0 spiro atoms. The monoisotopic (exact) mass is 231 g/mol. The number of nitrogens with zero attached hydrogens (tertiary/aromatic N) is 2. The van der Waals surface area contributed by atoms with Gasteiger partial charge in [-0.3, -0.25) is 0 Å². The Morgan fingerprint density at radius 1 is 1.24 bits per heavy atom. The van der Waals surface area contributed by atoms with Crippen molar-refractivity contribution in [3.63, 3.8) is 0 Å². The van der Waals surface area contributed by atoms with Gasteiger partial charge in [-0.05, 0) is 30.3 Å². The second-order valence-electron chi connectivity index (χ2n) is 3.37. The van der Waals surface area contributed by atoms with Crippen LogP contribution in [-0.2, 0) is 6.61 Å². The minimum Gasteiger partial charge on any atom is -0.497 e. The van der Waals surface area contributed by atoms with E-state index in [9.17, 15) is 0 Å². The van der Waals surface area contributed by atoms with Crippen molar-refractivity contribution >= 4 is 11.5 Å². The van der Waals surface area contributed by atoms with E-state index in [1.165, 1.54) is 0 Å². The Hall–Kier alpha value is -2.14. The van der Waals surface area contributed by atoms with E-state index >= 15 is 0 Å². The SMILES string of the molecule is COc1ccc(Nc2ccnc(CO)n2)cc1. The van der Waals surface area contributed by atoms with Gasteiger partial charge in [-0.2, -0.15) is 0 Å². The lowest BCUT2D eigenvalue weighted by Gasteiger charge is -2.06. The number of benzene rings is 1. The van der Waals surface area contributed by atoms with Gasteiger partial charge in [0.05, 0.1) is 7.11 Å². The van der Waals surface area contributed by atoms with E-state index in [1.54, 1.807) is 19.4 Å². The summed E-state index contributed by atoms with van der Waals surface area (Å²) in [4.78, 5) is 8.03. The Labute approximate surface area is 99.1 Å². The zero-order chi connectivity index (χ0) is 12.1. The molecule has 0 atom stereocenters. The minimum absolute atomic E-state index is 0.169. The number of aliphatic hydroxyl groups excluding tert-OH is 1. The van der Waals surface area contributed by atoms with Gasteiger partial charge >= 0.3 is 0 Å². The van der Waals surface area contributed by atoms with Gasteiger partial charge < -0.3 is 15.2 Å². The maximum Gasteiger partial charge on any atom is 0.156 e. The molecule has 17 heavy (non-hydrogen) atoms. The molecule has 0 unspecified atom stereocenters. The van der Waals surface area contributed by atoms with Gasteiger partial charge in [0.1, 0.15) is 18.2 Å². The summed E-state index contributed by atoms with van der Waals surface area (Å²) in [6.07, 6.45) is 1.60. The Kier molecular flexibility index (Phi) is 3.52. The fourth-order valence-corrected chi connectivity index (χ4v) is 1.37. The van der Waals surface area contributed by atoms with Crippen LogP contribution in [0.1, 0.15) is 5.82 Å². The van der Waals surface area contributed by atoms with Crippen molar-refractivity contribution in [3.05, 3.63) is 42.4 Å². The zero-order valence-corrected chi connectivity index (χ0v) is 9.42. The summed E-state index contributed by atoms with van der Waals surface area (Å²) in [7, 11) is 1.63. The minimum atomic E-state index is -0.169. The number of nitrogens with one attached hydrogen (secondary N) is 1. The third kappa shape index (κ3) is 2.92. The van der Waals surface area contributed by atoms with Crippen LogP contribution < -0.4 is 10.1 Å². The van der Waals surface area contributed by atoms with Crippen LogP contribution in [0, 0.1) is 0 Å². The fourth-order valence-electron chi connectivity index (χ4n) is 1.37. The number of anilines is 2. The molecule has 0 saturated heterocycles. The second-order valence-corrected chi connectivity index (χ2v) is 3.37. The van der Waals surface area contributed by atoms with Gasteiger partial charge in [0.15, 0.2) is 5.82 Å². The first-order chi connectivity index (χ1) is 8.31. The number of ether oxygens (including phenoxy) is 1. The van der Waals surface area contributed by atoms with E-state index in [0.29, 0.717) is 11.6 Å². The molecule has 5 heteroatoms. The van der Waals surface area contributed by atoms with Crippen LogP contribution >= 0.6 is 0 Å². The summed E-state index contributed by atoms with van der Waals surface area (Å²) in [6, 6.07) is 9.23. The molecular weight excluding hydrogens is 218 g/mol. The molecule has 2 N–H and O–H groups in total. The Balaban J connectivity index is 2.13. The van der Waals surface area contributed by atoms with E-state index in [-0.39, 0.29) is 6.61 Å². The van der Waals surface area contributed by atoms with Crippen molar-refractivity contribution in [1.29, 1.82) is 0 Å². The lowest BCUT2D eigenvalue weighted by molar-refractivity contribution is 0.271. The Bertz CT molecular complexity index is 485. The number of methoxy groups -OCH3 is 1. The predicted molar refractivity (Wildman–Crippen MR) is 64.2 cm³/mol. The van der Waals surface area contributed by atoms with Crippen molar-refractivity contribution in [2.24, 2.45) is 0 Å². The molecule has 1 heterocycles. The molecule has 88 valence electrons. The van der Waals surface area contributed by atoms with Gasteiger partial charge in [-0.15, -0.1) is 0 Å². The van der Waals surface area contributed by atoms with Crippen LogP contribution in [0.15, 0.2) is 36.5 Å². The fraction of sp³-hybridized carbons (Fsp3) is 0.167. The summed E-state index contributed by atoms with van der Waals surface area (Å²) in [6.45, 7) is -0.169. The van der Waals surface area contributed by atoms with Crippen LogP contribution in [0.5, 0.6) is 5.75 Å². The lowest BCUT2D eigenvalue weighted by Crippen LogP contribution is -1.99. The molecule has 0 aliphatic rings. The highest BCUT2D eigenvalue weighted by molar-refractivity contribution is 5.56. The van der Waals surface area contributed by atoms with Gasteiger partial charge in [-0.1, -0.05) is 0 Å². The highest BCUT2D eigenvalue weighted by atomic mass is 16.5. The molecule has 0 radical (unpaired) electrons. The predicted octanol–water partition coefficient (Wildman–Crippen LogP) is 1.72. The molecule has 2 rings (SSSR count). The Morgan fingerprint density at radius 2 is 2.00 bits per heavy atom. The highest BCUT2D eigenvalue weighted by Crippen LogP contribution is 2.18. The van der Waals surface area contributed by atoms with Gasteiger partial charge in [0.25, 0.3) is 0 Å². The summed E-state index contributed by atoms with van der Waals surface area (Å²) >= 11 is 0. The third-order valence-electron chi connectivity index (χ3n) is 2.21. The first-order valence-corrected chi connectivity index (χ1v) is 5.15. The first kappa shape index (κ1) is 11.3. The molecule has 0 aliphatic heterocycles. The quantitative estimate of drug-likeness (QED) is 0.838. The second kappa shape index (κ2) is 5.27. The molecule has 1 aromatic carbocycles. The van der Waals surface area contributed by atoms with Crippen LogP contribution in [0.3, 0.4) is 0 Å². The first-order valence-electron chi connectivity index (χ1n) is 5.15. The van der Waals surface area contributed by atoms with Gasteiger partial charge in [-0.25, -0.2) is 9.97 Å². The van der Waals surface area contributed by atoms with Crippen molar-refractivity contribution < 1.29 is 9.84 Å². The van der Waals surface area contributed by atoms with Crippen molar-refractivity contribution in [1.82, 2.24) is 9.97 Å². The summed E-state index contributed by atoms with van der Waals surface area (Å²) in [5.41, 5.74) is 0.897. The van der Waals surface area contributed by atoms with E-state index in [0.717, 1.165) is 11.4 Å².